The molecule has 0 spiro atoms. The van der Waals surface area contributed by atoms with E-state index < -0.39 is 9.84 Å². The number of piperazine rings is 1. The molecule has 0 unspecified atom stereocenters. The minimum absolute atomic E-state index is 0.0539. The van der Waals surface area contributed by atoms with Gasteiger partial charge >= 0.3 is 0 Å². The van der Waals surface area contributed by atoms with Crippen LogP contribution in [-0.2, 0) is 9.84 Å². The highest BCUT2D eigenvalue weighted by Gasteiger charge is 2.26. The van der Waals surface area contributed by atoms with Gasteiger partial charge < -0.3 is 9.80 Å². The van der Waals surface area contributed by atoms with Crippen LogP contribution < -0.4 is 4.90 Å². The molecular weight excluding hydrogens is 426 g/mol. The second kappa shape index (κ2) is 7.97. The molecule has 0 saturated carbocycles. The number of benzene rings is 2. The number of thioether (sulfide) groups is 1. The van der Waals surface area contributed by atoms with Gasteiger partial charge in [-0.2, -0.15) is 0 Å². The van der Waals surface area contributed by atoms with Gasteiger partial charge in [0.25, 0.3) is 5.91 Å². The second-order valence-electron chi connectivity index (χ2n) is 6.85. The summed E-state index contributed by atoms with van der Waals surface area (Å²) in [5.74, 6) is 0.0539. The van der Waals surface area contributed by atoms with Crippen LogP contribution in [0.1, 0.15) is 10.4 Å². The highest BCUT2D eigenvalue weighted by Crippen LogP contribution is 2.33. The van der Waals surface area contributed by atoms with Crippen LogP contribution in [0.15, 0.2) is 52.3 Å². The molecule has 0 N–H and O–H groups in total. The smallest absolute Gasteiger partial charge is 0.255 e. The Labute approximate surface area is 178 Å². The van der Waals surface area contributed by atoms with Crippen LogP contribution in [0.25, 0.3) is 10.2 Å². The number of anilines is 1. The van der Waals surface area contributed by atoms with E-state index in [0.29, 0.717) is 31.7 Å². The predicted molar refractivity (Wildman–Crippen MR) is 119 cm³/mol. The van der Waals surface area contributed by atoms with Crippen LogP contribution in [0.2, 0.25) is 0 Å². The molecule has 1 aliphatic heterocycles. The number of hydrogen-bond donors (Lipinski definition) is 0. The van der Waals surface area contributed by atoms with Crippen molar-refractivity contribution in [2.24, 2.45) is 0 Å². The van der Waals surface area contributed by atoms with E-state index in [1.54, 1.807) is 23.9 Å². The second-order valence-corrected chi connectivity index (χ2v) is 10.7. The monoisotopic (exact) mass is 447 g/mol. The van der Waals surface area contributed by atoms with Crippen molar-refractivity contribution in [1.82, 2.24) is 9.88 Å². The SMILES string of the molecule is CSc1ccccc1C(=O)N1CCN(c2nc3c(S(C)(=O)=O)cccc3s2)CC1. The van der Waals surface area contributed by atoms with E-state index in [0.717, 1.165) is 20.3 Å². The number of carbonyl (C=O) groups is 1. The van der Waals surface area contributed by atoms with Crippen LogP contribution in [0.3, 0.4) is 0 Å². The maximum atomic E-state index is 12.9. The van der Waals surface area contributed by atoms with Crippen LogP contribution in [0.4, 0.5) is 5.13 Å². The molecule has 2 heterocycles. The molecule has 1 fully saturated rings. The number of sulfone groups is 1. The molecule has 29 heavy (non-hydrogen) atoms. The number of rotatable bonds is 4. The van der Waals surface area contributed by atoms with Crippen molar-refractivity contribution in [3.8, 4) is 0 Å². The normalized spacial score (nSPS) is 15.1. The van der Waals surface area contributed by atoms with Gasteiger partial charge in [-0.3, -0.25) is 4.79 Å². The summed E-state index contributed by atoms with van der Waals surface area (Å²) in [5.41, 5.74) is 1.27. The van der Waals surface area contributed by atoms with Gasteiger partial charge in [0, 0.05) is 37.3 Å². The van der Waals surface area contributed by atoms with Crippen LogP contribution in [0, 0.1) is 0 Å². The quantitative estimate of drug-likeness (QED) is 0.571. The fraction of sp³-hybridized carbons (Fsp3) is 0.300. The molecule has 3 aromatic rings. The minimum Gasteiger partial charge on any atom is -0.345 e. The summed E-state index contributed by atoms with van der Waals surface area (Å²) in [7, 11) is -3.33. The Hall–Kier alpha value is -2.10. The fourth-order valence-corrected chi connectivity index (χ4v) is 5.97. The van der Waals surface area contributed by atoms with E-state index >= 15 is 0 Å². The zero-order chi connectivity index (χ0) is 20.6. The highest BCUT2D eigenvalue weighted by atomic mass is 32.2. The van der Waals surface area contributed by atoms with E-state index in [-0.39, 0.29) is 10.8 Å². The van der Waals surface area contributed by atoms with Gasteiger partial charge in [-0.1, -0.05) is 29.5 Å². The number of para-hydroxylation sites is 1. The Balaban J connectivity index is 1.52. The molecule has 0 bridgehead atoms. The minimum atomic E-state index is -3.33. The number of fused-ring (bicyclic) bond motifs is 1. The molecule has 152 valence electrons. The summed E-state index contributed by atoms with van der Waals surface area (Å²) in [5, 5.41) is 0.799. The van der Waals surface area contributed by atoms with Gasteiger partial charge in [-0.05, 0) is 30.5 Å². The molecule has 1 amide bonds. The summed E-state index contributed by atoms with van der Waals surface area (Å²) in [6.45, 7) is 2.55. The maximum absolute atomic E-state index is 12.9. The van der Waals surface area contributed by atoms with E-state index in [2.05, 4.69) is 9.88 Å². The van der Waals surface area contributed by atoms with Crippen molar-refractivity contribution in [3.05, 3.63) is 48.0 Å². The summed E-state index contributed by atoms with van der Waals surface area (Å²) in [6.07, 6.45) is 3.18. The summed E-state index contributed by atoms with van der Waals surface area (Å²) in [6, 6.07) is 12.9. The van der Waals surface area contributed by atoms with E-state index in [9.17, 15) is 13.2 Å². The molecule has 0 aliphatic carbocycles. The number of amides is 1. The first kappa shape index (κ1) is 20.2. The van der Waals surface area contributed by atoms with E-state index in [4.69, 9.17) is 0 Å². The van der Waals surface area contributed by atoms with Crippen molar-refractivity contribution in [1.29, 1.82) is 0 Å². The first-order chi connectivity index (χ1) is 13.9. The Morgan fingerprint density at radius 3 is 2.48 bits per heavy atom. The van der Waals surface area contributed by atoms with Crippen molar-refractivity contribution >= 4 is 54.2 Å². The first-order valence-corrected chi connectivity index (χ1v) is 13.1. The number of hydrogen-bond acceptors (Lipinski definition) is 7. The molecule has 2 aromatic carbocycles. The molecule has 1 aliphatic rings. The molecule has 9 heteroatoms. The Kier molecular flexibility index (Phi) is 5.54. The number of nitrogens with zero attached hydrogens (tertiary/aromatic N) is 3. The lowest BCUT2D eigenvalue weighted by atomic mass is 10.2. The zero-order valence-electron chi connectivity index (χ0n) is 16.2. The maximum Gasteiger partial charge on any atom is 0.255 e. The third-order valence-electron chi connectivity index (χ3n) is 4.94. The van der Waals surface area contributed by atoms with E-state index in [1.165, 1.54) is 17.6 Å². The zero-order valence-corrected chi connectivity index (χ0v) is 18.6. The highest BCUT2D eigenvalue weighted by molar-refractivity contribution is 7.98. The molecular formula is C20H21N3O3S3. The molecule has 1 saturated heterocycles. The molecule has 0 radical (unpaired) electrons. The molecule has 6 nitrogen and oxygen atoms in total. The number of thiazole rings is 1. The number of carbonyl (C=O) groups excluding carboxylic acids is 1. The van der Waals surface area contributed by atoms with Gasteiger partial charge in [0.2, 0.25) is 0 Å². The Morgan fingerprint density at radius 1 is 1.07 bits per heavy atom. The molecule has 1 aromatic heterocycles. The summed E-state index contributed by atoms with van der Waals surface area (Å²) >= 11 is 3.07. The Bertz CT molecular complexity index is 1170. The van der Waals surface area contributed by atoms with Crippen molar-refractivity contribution in [2.45, 2.75) is 9.79 Å². The van der Waals surface area contributed by atoms with Gasteiger partial charge in [0.05, 0.1) is 15.2 Å². The third kappa shape index (κ3) is 3.99. The van der Waals surface area contributed by atoms with Gasteiger partial charge in [0.1, 0.15) is 5.52 Å². The summed E-state index contributed by atoms with van der Waals surface area (Å²) < 4.78 is 24.9. The van der Waals surface area contributed by atoms with Crippen molar-refractivity contribution in [3.63, 3.8) is 0 Å². The van der Waals surface area contributed by atoms with Gasteiger partial charge in [0.15, 0.2) is 15.0 Å². The average molecular weight is 448 g/mol. The van der Waals surface area contributed by atoms with Crippen LogP contribution >= 0.6 is 23.1 Å². The lowest BCUT2D eigenvalue weighted by molar-refractivity contribution is 0.0743. The van der Waals surface area contributed by atoms with Crippen LogP contribution in [-0.4, -0.2) is 62.9 Å². The topological polar surface area (TPSA) is 70.6 Å². The van der Waals surface area contributed by atoms with Crippen molar-refractivity contribution in [2.75, 3.05) is 43.6 Å². The fourth-order valence-electron chi connectivity index (χ4n) is 3.44. The lowest BCUT2D eigenvalue weighted by Gasteiger charge is -2.34. The molecule has 4 rings (SSSR count). The van der Waals surface area contributed by atoms with E-state index in [1.807, 2.05) is 41.5 Å². The average Bonchev–Trinajstić information content (AvgIpc) is 3.17. The first-order valence-electron chi connectivity index (χ1n) is 9.15. The molecule has 0 atom stereocenters. The largest absolute Gasteiger partial charge is 0.345 e. The predicted octanol–water partition coefficient (Wildman–Crippen LogP) is 3.38. The number of aromatic nitrogens is 1. The third-order valence-corrected chi connectivity index (χ3v) is 7.95. The standard InChI is InChI=1S/C20H21N3O3S3/c1-27-15-7-4-3-6-14(15)19(24)22-10-12-23(13-11-22)20-21-18-16(28-20)8-5-9-17(18)29(2,25)26/h3-9H,10-13H2,1-2H3. The summed E-state index contributed by atoms with van der Waals surface area (Å²) in [4.78, 5) is 22.8. The van der Waals surface area contributed by atoms with Crippen LogP contribution in [0.5, 0.6) is 0 Å². The van der Waals surface area contributed by atoms with Gasteiger partial charge in [-0.15, -0.1) is 11.8 Å². The van der Waals surface area contributed by atoms with Crippen molar-refractivity contribution < 1.29 is 13.2 Å². The Morgan fingerprint density at radius 2 is 1.79 bits per heavy atom. The lowest BCUT2D eigenvalue weighted by Crippen LogP contribution is -2.48. The van der Waals surface area contributed by atoms with Gasteiger partial charge in [-0.25, -0.2) is 13.4 Å².